The molecule has 88 heavy (non-hydrogen) atoms. The summed E-state index contributed by atoms with van der Waals surface area (Å²) in [7, 11) is 0. The molecule has 0 aliphatic heterocycles. The van der Waals surface area contributed by atoms with Crippen LogP contribution < -0.4 is 31.9 Å². The lowest BCUT2D eigenvalue weighted by atomic mass is 10.1. The van der Waals surface area contributed by atoms with Crippen LogP contribution in [0, 0.1) is 46.3 Å². The van der Waals surface area contributed by atoms with Crippen molar-refractivity contribution in [3.05, 3.63) is 251 Å². The van der Waals surface area contributed by atoms with Crippen LogP contribution in [-0.4, -0.2) is 48.0 Å². The SMILES string of the molecule is Cc1ccc(NC(=O)Nc2cccc(-c3sc(C)nc3-c3ccncc3)c2)cc1.Cc1ccc(NC(=O)Nc2cccc(-c3sc(C)nc3-c3ccncc3)c2)cc1.Cc1nc(-c2ccncc2)c(-c2cccc(NC(=O)Nc3cc(F)ccc3F)c2)s1. The number of carbonyl (C=O) groups excluding carboxylic acids is 3. The average molecular weight is 1220 g/mol. The number of aryl methyl sites for hydroxylation is 5. The minimum atomic E-state index is -0.720. The molecule has 0 fully saturated rings. The fourth-order valence-corrected chi connectivity index (χ4v) is 11.7. The molecule has 0 bridgehead atoms. The van der Waals surface area contributed by atoms with Crippen molar-refractivity contribution in [3.63, 3.8) is 0 Å². The number of hydrogen-bond acceptors (Lipinski definition) is 12. The summed E-state index contributed by atoms with van der Waals surface area (Å²) in [5, 5.41) is 19.4. The van der Waals surface area contributed by atoms with Crippen molar-refractivity contribution in [1.82, 2.24) is 29.9 Å². The van der Waals surface area contributed by atoms with Gasteiger partial charge in [0.2, 0.25) is 0 Å². The van der Waals surface area contributed by atoms with Gasteiger partial charge in [0.15, 0.2) is 0 Å². The number of rotatable bonds is 12. The zero-order valence-electron chi connectivity index (χ0n) is 48.1. The van der Waals surface area contributed by atoms with E-state index >= 15 is 0 Å². The van der Waals surface area contributed by atoms with Crippen molar-refractivity contribution < 1.29 is 23.2 Å². The quantitative estimate of drug-likeness (QED) is 0.0688. The van der Waals surface area contributed by atoms with Gasteiger partial charge in [0.1, 0.15) is 11.6 Å². The number of pyridine rings is 3. The molecule has 0 unspecified atom stereocenters. The highest BCUT2D eigenvalue weighted by Gasteiger charge is 2.18. The van der Waals surface area contributed by atoms with Gasteiger partial charge < -0.3 is 31.9 Å². The van der Waals surface area contributed by atoms with Crippen molar-refractivity contribution in [1.29, 1.82) is 0 Å². The number of hydrogen-bond donors (Lipinski definition) is 6. The first-order valence-electron chi connectivity index (χ1n) is 27.4. The molecule has 0 atom stereocenters. The van der Waals surface area contributed by atoms with Crippen LogP contribution in [0.1, 0.15) is 26.1 Å². The lowest BCUT2D eigenvalue weighted by Gasteiger charge is -2.10. The molecule has 15 nitrogen and oxygen atoms in total. The molecule has 0 saturated carbocycles. The van der Waals surface area contributed by atoms with Crippen LogP contribution >= 0.6 is 34.0 Å². The van der Waals surface area contributed by atoms with Crippen LogP contribution in [0.3, 0.4) is 0 Å². The van der Waals surface area contributed by atoms with Gasteiger partial charge in [0, 0.05) is 88.4 Å². The van der Waals surface area contributed by atoms with Gasteiger partial charge in [-0.1, -0.05) is 71.8 Å². The Morgan fingerprint density at radius 1 is 0.341 bits per heavy atom. The summed E-state index contributed by atoms with van der Waals surface area (Å²) in [4.78, 5) is 66.3. The monoisotopic (exact) mass is 1220 g/mol. The molecule has 6 heterocycles. The zero-order chi connectivity index (χ0) is 61.5. The third-order valence-electron chi connectivity index (χ3n) is 13.0. The maximum absolute atomic E-state index is 13.7. The second-order valence-electron chi connectivity index (χ2n) is 19.8. The highest BCUT2D eigenvalue weighted by atomic mass is 32.1. The third kappa shape index (κ3) is 16.2. The molecule has 0 radical (unpaired) electrons. The number of nitrogens with one attached hydrogen (secondary N) is 6. The van der Waals surface area contributed by atoms with Gasteiger partial charge in [-0.3, -0.25) is 15.0 Å². The molecule has 0 spiro atoms. The van der Waals surface area contributed by atoms with Crippen molar-refractivity contribution in [3.8, 4) is 65.1 Å². The summed E-state index contributed by atoms with van der Waals surface area (Å²) in [5.41, 5.74) is 14.1. The Kier molecular flexibility index (Phi) is 19.6. The molecule has 12 rings (SSSR count). The van der Waals surface area contributed by atoms with Gasteiger partial charge in [-0.2, -0.15) is 0 Å². The first-order chi connectivity index (χ1) is 42.7. The predicted molar refractivity (Wildman–Crippen MR) is 353 cm³/mol. The molecule has 6 aromatic carbocycles. The smallest absolute Gasteiger partial charge is 0.308 e. The van der Waals surface area contributed by atoms with Crippen LogP contribution in [0.5, 0.6) is 0 Å². The van der Waals surface area contributed by atoms with Crippen molar-refractivity contribution in [2.45, 2.75) is 34.6 Å². The number of carbonyl (C=O) groups is 3. The lowest BCUT2D eigenvalue weighted by molar-refractivity contribution is 0.261. The first-order valence-corrected chi connectivity index (χ1v) is 29.9. The number of aromatic nitrogens is 6. The number of thiazole rings is 3. The molecule has 20 heteroatoms. The normalized spacial score (nSPS) is 10.6. The Morgan fingerprint density at radius 2 is 0.659 bits per heavy atom. The minimum absolute atomic E-state index is 0.235. The van der Waals surface area contributed by atoms with E-state index in [2.05, 4.69) is 51.8 Å². The number of nitrogens with zero attached hydrogens (tertiary/aromatic N) is 6. The molecule has 6 aromatic heterocycles. The Balaban J connectivity index is 0.000000146. The third-order valence-corrected chi connectivity index (χ3v) is 16.1. The molecule has 0 aliphatic rings. The molecule has 12 aromatic rings. The van der Waals surface area contributed by atoms with Crippen molar-refractivity contribution in [2.24, 2.45) is 0 Å². The van der Waals surface area contributed by atoms with E-state index in [4.69, 9.17) is 9.97 Å². The molecule has 6 amide bonds. The second-order valence-corrected chi connectivity index (χ2v) is 23.4. The van der Waals surface area contributed by atoms with Crippen LogP contribution in [0.2, 0.25) is 0 Å². The average Bonchev–Trinajstić information content (AvgIpc) is 2.07. The Bertz CT molecular complexity index is 4190. The summed E-state index contributed by atoms with van der Waals surface area (Å²) in [6.07, 6.45) is 10.5. The van der Waals surface area contributed by atoms with E-state index in [1.54, 1.807) is 89.4 Å². The number of benzene rings is 6. The van der Waals surface area contributed by atoms with Crippen LogP contribution in [-0.2, 0) is 0 Å². The topological polar surface area (TPSA) is 201 Å². The van der Waals surface area contributed by atoms with E-state index in [0.29, 0.717) is 5.69 Å². The summed E-state index contributed by atoms with van der Waals surface area (Å²) in [6, 6.07) is 51.4. The summed E-state index contributed by atoms with van der Waals surface area (Å²) in [6.45, 7) is 9.95. The minimum Gasteiger partial charge on any atom is -0.308 e. The lowest BCUT2D eigenvalue weighted by Crippen LogP contribution is -2.20. The van der Waals surface area contributed by atoms with E-state index in [0.717, 1.165) is 132 Å². The van der Waals surface area contributed by atoms with E-state index in [1.807, 2.05) is 174 Å². The maximum atomic E-state index is 13.7. The van der Waals surface area contributed by atoms with Gasteiger partial charge in [-0.25, -0.2) is 38.1 Å². The van der Waals surface area contributed by atoms with Gasteiger partial charge in [0.25, 0.3) is 0 Å². The molecule has 0 saturated heterocycles. The van der Waals surface area contributed by atoms with E-state index in [-0.39, 0.29) is 17.7 Å². The second kappa shape index (κ2) is 28.5. The summed E-state index contributed by atoms with van der Waals surface area (Å²) in [5.74, 6) is -1.36. The molecular formula is C68H56F2N12O3S3. The van der Waals surface area contributed by atoms with Gasteiger partial charge in [-0.15, -0.1) is 34.0 Å². The number of urea groups is 3. The fraction of sp³-hybridized carbons (Fsp3) is 0.0735. The zero-order valence-corrected chi connectivity index (χ0v) is 50.5. The van der Waals surface area contributed by atoms with E-state index < -0.39 is 17.7 Å². The molecule has 0 aliphatic carbocycles. The van der Waals surface area contributed by atoms with Gasteiger partial charge >= 0.3 is 18.1 Å². The highest BCUT2D eigenvalue weighted by Crippen LogP contribution is 2.40. The first kappa shape index (κ1) is 60.5. The van der Waals surface area contributed by atoms with E-state index in [1.165, 1.54) is 0 Å². The van der Waals surface area contributed by atoms with Crippen LogP contribution in [0.15, 0.2) is 213 Å². The number of anilines is 6. The van der Waals surface area contributed by atoms with Gasteiger partial charge in [-0.05, 0) is 161 Å². The standard InChI is InChI=1S/2C23H20N4OS.C22H16F2N4OS/c2*1-15-6-8-19(9-7-15)26-23(28)27-20-5-3-4-18(14-20)22-21(25-16(2)29-22)17-10-12-24-13-11-17;1-13-26-20(14-7-9-25-10-8-14)21(30-13)15-3-2-4-17(11-15)27-22(29)28-19-12-16(23)5-6-18(19)24/h2*3-14H,1-2H3,(H2,26,27,28);2-12H,1H3,(H2,27,28,29). The summed E-state index contributed by atoms with van der Waals surface area (Å²) >= 11 is 4.81. The van der Waals surface area contributed by atoms with E-state index in [9.17, 15) is 23.2 Å². The molecular weight excluding hydrogens is 1170 g/mol. The Morgan fingerprint density at radius 3 is 1.00 bits per heavy atom. The van der Waals surface area contributed by atoms with Crippen molar-refractivity contribution in [2.75, 3.05) is 31.9 Å². The maximum Gasteiger partial charge on any atom is 0.323 e. The Hall–Kier alpha value is -10.7. The predicted octanol–water partition coefficient (Wildman–Crippen LogP) is 18.4. The Labute approximate surface area is 518 Å². The molecule has 6 N–H and O–H groups in total. The number of amides is 6. The highest BCUT2D eigenvalue weighted by molar-refractivity contribution is 7.16. The van der Waals surface area contributed by atoms with Gasteiger partial charge in [0.05, 0.1) is 52.4 Å². The summed E-state index contributed by atoms with van der Waals surface area (Å²) < 4.78 is 27.0. The number of halogens is 2. The largest absolute Gasteiger partial charge is 0.323 e. The van der Waals surface area contributed by atoms with Crippen LogP contribution in [0.25, 0.3) is 65.1 Å². The fourth-order valence-electron chi connectivity index (χ4n) is 8.94. The van der Waals surface area contributed by atoms with Crippen LogP contribution in [0.4, 0.5) is 57.3 Å². The molecule has 438 valence electrons. The van der Waals surface area contributed by atoms with Crippen molar-refractivity contribution >= 4 is 86.2 Å².